The maximum Gasteiger partial charge on any atom is 0.339 e. The number of hydrogen-bond acceptors (Lipinski definition) is 3. The van der Waals surface area contributed by atoms with E-state index in [0.717, 1.165) is 12.8 Å². The smallest absolute Gasteiger partial charge is 0.339 e. The summed E-state index contributed by atoms with van der Waals surface area (Å²) in [5.41, 5.74) is 2.24. The standard InChI is InChI=1S/C14H20N2O3/c1-8-11(14(18)19-3)9(2)15-12(8)13(17)16-10-6-4-5-7-10/h10,15H,4-7H2,1-3H3,(H,16,17). The molecule has 1 aliphatic carbocycles. The van der Waals surface area contributed by atoms with Gasteiger partial charge in [0.1, 0.15) is 5.69 Å². The van der Waals surface area contributed by atoms with E-state index >= 15 is 0 Å². The van der Waals surface area contributed by atoms with Crippen molar-refractivity contribution in [2.24, 2.45) is 0 Å². The third-order valence-corrected chi connectivity index (χ3v) is 3.74. The zero-order valence-corrected chi connectivity index (χ0v) is 11.6. The highest BCUT2D eigenvalue weighted by molar-refractivity contribution is 6.00. The fourth-order valence-corrected chi connectivity index (χ4v) is 2.71. The Morgan fingerprint density at radius 3 is 2.47 bits per heavy atom. The molecule has 2 N–H and O–H groups in total. The molecule has 1 aliphatic rings. The number of amides is 1. The molecule has 0 unspecified atom stereocenters. The van der Waals surface area contributed by atoms with Gasteiger partial charge in [-0.15, -0.1) is 0 Å². The highest BCUT2D eigenvalue weighted by atomic mass is 16.5. The molecule has 1 aromatic rings. The Balaban J connectivity index is 2.20. The fraction of sp³-hybridized carbons (Fsp3) is 0.571. The first-order chi connectivity index (χ1) is 9.04. The zero-order valence-electron chi connectivity index (χ0n) is 11.6. The van der Waals surface area contributed by atoms with Crippen LogP contribution in [0.4, 0.5) is 0 Å². The van der Waals surface area contributed by atoms with Crippen LogP contribution in [0.2, 0.25) is 0 Å². The van der Waals surface area contributed by atoms with Crippen molar-refractivity contribution in [2.45, 2.75) is 45.6 Å². The van der Waals surface area contributed by atoms with E-state index in [-0.39, 0.29) is 11.9 Å². The second kappa shape index (κ2) is 5.47. The first-order valence-corrected chi connectivity index (χ1v) is 6.63. The van der Waals surface area contributed by atoms with Crippen LogP contribution in [0.3, 0.4) is 0 Å². The van der Waals surface area contributed by atoms with Gasteiger partial charge in [-0.1, -0.05) is 12.8 Å². The van der Waals surface area contributed by atoms with Crippen LogP contribution in [0, 0.1) is 13.8 Å². The van der Waals surface area contributed by atoms with Gasteiger partial charge in [0, 0.05) is 11.7 Å². The molecule has 0 aromatic carbocycles. The number of aromatic nitrogens is 1. The lowest BCUT2D eigenvalue weighted by Gasteiger charge is -2.11. The predicted molar refractivity (Wildman–Crippen MR) is 71.3 cm³/mol. The van der Waals surface area contributed by atoms with E-state index in [1.165, 1.54) is 20.0 Å². The number of aromatic amines is 1. The Morgan fingerprint density at radius 1 is 1.26 bits per heavy atom. The maximum absolute atomic E-state index is 12.2. The molecule has 0 atom stereocenters. The molecule has 2 rings (SSSR count). The minimum Gasteiger partial charge on any atom is -0.465 e. The number of ether oxygens (including phenoxy) is 1. The molecule has 5 nitrogen and oxygen atoms in total. The molecule has 1 heterocycles. The summed E-state index contributed by atoms with van der Waals surface area (Å²) in [5.74, 6) is -0.547. The molecule has 1 amide bonds. The molecule has 0 spiro atoms. The molecular formula is C14H20N2O3. The van der Waals surface area contributed by atoms with Crippen molar-refractivity contribution in [2.75, 3.05) is 7.11 Å². The van der Waals surface area contributed by atoms with Crippen molar-refractivity contribution in [3.8, 4) is 0 Å². The number of esters is 1. The SMILES string of the molecule is COC(=O)c1c(C)[nH]c(C(=O)NC2CCCC2)c1C. The number of carbonyl (C=O) groups excluding carboxylic acids is 2. The molecule has 1 fully saturated rings. The predicted octanol–water partition coefficient (Wildman–Crippen LogP) is 2.09. The Labute approximate surface area is 112 Å². The van der Waals surface area contributed by atoms with Crippen molar-refractivity contribution in [3.63, 3.8) is 0 Å². The molecule has 0 saturated heterocycles. The Hall–Kier alpha value is -1.78. The largest absolute Gasteiger partial charge is 0.465 e. The first-order valence-electron chi connectivity index (χ1n) is 6.63. The summed E-state index contributed by atoms with van der Waals surface area (Å²) in [6, 6.07) is 0.261. The first kappa shape index (κ1) is 13.6. The highest BCUT2D eigenvalue weighted by Gasteiger charge is 2.24. The van der Waals surface area contributed by atoms with Gasteiger partial charge in [-0.25, -0.2) is 4.79 Å². The second-order valence-electron chi connectivity index (χ2n) is 5.07. The average Bonchev–Trinajstić information content (AvgIpc) is 2.97. The number of methoxy groups -OCH3 is 1. The van der Waals surface area contributed by atoms with Gasteiger partial charge in [-0.3, -0.25) is 4.79 Å². The van der Waals surface area contributed by atoms with Crippen molar-refractivity contribution in [1.82, 2.24) is 10.3 Å². The molecule has 0 aliphatic heterocycles. The number of H-pyrrole nitrogens is 1. The van der Waals surface area contributed by atoms with Crippen LogP contribution in [-0.2, 0) is 4.74 Å². The monoisotopic (exact) mass is 264 g/mol. The Kier molecular flexibility index (Phi) is 3.93. The van der Waals surface area contributed by atoms with Gasteiger partial charge < -0.3 is 15.0 Å². The quantitative estimate of drug-likeness (QED) is 0.821. The van der Waals surface area contributed by atoms with Gasteiger partial charge in [-0.2, -0.15) is 0 Å². The maximum atomic E-state index is 12.2. The van der Waals surface area contributed by atoms with Gasteiger partial charge in [0.15, 0.2) is 0 Å². The molecule has 0 radical (unpaired) electrons. The minimum atomic E-state index is -0.411. The van der Waals surface area contributed by atoms with Crippen molar-refractivity contribution >= 4 is 11.9 Å². The van der Waals surface area contributed by atoms with Crippen molar-refractivity contribution < 1.29 is 14.3 Å². The van der Waals surface area contributed by atoms with Gasteiger partial charge in [0.05, 0.1) is 12.7 Å². The summed E-state index contributed by atoms with van der Waals surface area (Å²) in [6.07, 6.45) is 4.41. The molecule has 1 saturated carbocycles. The lowest BCUT2D eigenvalue weighted by Crippen LogP contribution is -2.33. The van der Waals surface area contributed by atoms with Crippen LogP contribution in [0.15, 0.2) is 0 Å². The van der Waals surface area contributed by atoms with Gasteiger partial charge in [-0.05, 0) is 32.3 Å². The number of rotatable bonds is 3. The number of nitrogens with one attached hydrogen (secondary N) is 2. The van der Waals surface area contributed by atoms with Gasteiger partial charge in [0.25, 0.3) is 5.91 Å². The van der Waals surface area contributed by atoms with E-state index in [4.69, 9.17) is 4.74 Å². The molecule has 5 heteroatoms. The molecular weight excluding hydrogens is 244 g/mol. The van der Waals surface area contributed by atoms with E-state index < -0.39 is 5.97 Å². The summed E-state index contributed by atoms with van der Waals surface area (Å²) in [4.78, 5) is 26.9. The topological polar surface area (TPSA) is 71.2 Å². The number of hydrogen-bond donors (Lipinski definition) is 2. The van der Waals surface area contributed by atoms with E-state index in [9.17, 15) is 9.59 Å². The van der Waals surface area contributed by atoms with E-state index in [1.807, 2.05) is 0 Å². The van der Waals surface area contributed by atoms with Crippen molar-refractivity contribution in [3.05, 3.63) is 22.5 Å². The summed E-state index contributed by atoms with van der Waals surface area (Å²) in [6.45, 7) is 3.53. The van der Waals surface area contributed by atoms with E-state index in [2.05, 4.69) is 10.3 Å². The Bertz CT molecular complexity index is 499. The summed E-state index contributed by atoms with van der Waals surface area (Å²) in [5, 5.41) is 3.01. The molecule has 19 heavy (non-hydrogen) atoms. The van der Waals surface area contributed by atoms with E-state index in [0.29, 0.717) is 22.5 Å². The van der Waals surface area contributed by atoms with Crippen LogP contribution in [0.25, 0.3) is 0 Å². The van der Waals surface area contributed by atoms with Crippen LogP contribution in [0.1, 0.15) is 57.8 Å². The van der Waals surface area contributed by atoms with Crippen LogP contribution < -0.4 is 5.32 Å². The second-order valence-corrected chi connectivity index (χ2v) is 5.07. The fourth-order valence-electron chi connectivity index (χ4n) is 2.71. The average molecular weight is 264 g/mol. The molecule has 104 valence electrons. The van der Waals surface area contributed by atoms with Gasteiger partial charge >= 0.3 is 5.97 Å². The van der Waals surface area contributed by atoms with Crippen LogP contribution >= 0.6 is 0 Å². The summed E-state index contributed by atoms with van der Waals surface area (Å²) < 4.78 is 4.73. The minimum absolute atomic E-state index is 0.136. The van der Waals surface area contributed by atoms with Crippen LogP contribution in [0.5, 0.6) is 0 Å². The molecule has 0 bridgehead atoms. The highest BCUT2D eigenvalue weighted by Crippen LogP contribution is 2.21. The van der Waals surface area contributed by atoms with Crippen LogP contribution in [-0.4, -0.2) is 30.0 Å². The number of aryl methyl sites for hydroxylation is 1. The van der Waals surface area contributed by atoms with E-state index in [1.54, 1.807) is 13.8 Å². The normalized spacial score (nSPS) is 15.5. The lowest BCUT2D eigenvalue weighted by molar-refractivity contribution is 0.0599. The van der Waals surface area contributed by atoms with Gasteiger partial charge in [0.2, 0.25) is 0 Å². The molecule has 1 aromatic heterocycles. The number of carbonyl (C=O) groups is 2. The Morgan fingerprint density at radius 2 is 1.89 bits per heavy atom. The summed E-state index contributed by atoms with van der Waals surface area (Å²) in [7, 11) is 1.34. The zero-order chi connectivity index (χ0) is 14.0. The third kappa shape index (κ3) is 2.64. The lowest BCUT2D eigenvalue weighted by atomic mass is 10.1. The van der Waals surface area contributed by atoms with Crippen molar-refractivity contribution in [1.29, 1.82) is 0 Å². The third-order valence-electron chi connectivity index (χ3n) is 3.74. The summed E-state index contributed by atoms with van der Waals surface area (Å²) >= 11 is 0.